The molecule has 180 valence electrons. The van der Waals surface area contributed by atoms with Crippen LogP contribution in [-0.2, 0) is 17.3 Å². The van der Waals surface area contributed by atoms with Gasteiger partial charge in [0.1, 0.15) is 5.76 Å². The van der Waals surface area contributed by atoms with Gasteiger partial charge in [-0.25, -0.2) is 0 Å². The Kier molecular flexibility index (Phi) is 4.12. The van der Waals surface area contributed by atoms with Crippen LogP contribution in [-0.4, -0.2) is 11.9 Å². The lowest BCUT2D eigenvalue weighted by Crippen LogP contribution is -2.52. The van der Waals surface area contributed by atoms with E-state index in [-0.39, 0.29) is 16.7 Å². The van der Waals surface area contributed by atoms with Crippen LogP contribution in [0.1, 0.15) is 105 Å². The maximum Gasteiger partial charge on any atom is 0.287 e. The number of furan rings is 1. The Balaban J connectivity index is 1.09. The zero-order valence-corrected chi connectivity index (χ0v) is 21.5. The first-order valence-corrected chi connectivity index (χ1v) is 13.6. The first-order valence-electron chi connectivity index (χ1n) is 13.6. The fourth-order valence-corrected chi connectivity index (χ4v) is 9.11. The number of hydrogen-bond donors (Lipinski definition) is 1. The molecule has 3 heteroatoms. The zero-order valence-electron chi connectivity index (χ0n) is 21.5. The van der Waals surface area contributed by atoms with Gasteiger partial charge in [0.15, 0.2) is 5.76 Å². The predicted octanol–water partition coefficient (Wildman–Crippen LogP) is 6.69. The van der Waals surface area contributed by atoms with Crippen molar-refractivity contribution in [1.29, 1.82) is 0 Å². The second-order valence-corrected chi connectivity index (χ2v) is 13.8. The minimum absolute atomic E-state index is 0.00655. The number of rotatable bonds is 4. The van der Waals surface area contributed by atoms with E-state index >= 15 is 0 Å². The van der Waals surface area contributed by atoms with E-state index in [4.69, 9.17) is 4.42 Å². The Morgan fingerprint density at radius 3 is 2.32 bits per heavy atom. The van der Waals surface area contributed by atoms with Crippen LogP contribution in [0.2, 0.25) is 0 Å². The number of benzene rings is 1. The summed E-state index contributed by atoms with van der Waals surface area (Å²) in [7, 11) is 0. The largest absolute Gasteiger partial charge is 0.456 e. The molecular formula is C31H39NO2. The standard InChI is InChI=1S/C31H39NO2/c1-17-10-23-24(30(4,5)9-8-29(23,2)3)15-19(17)14-22-6-7-26(34-22)28(33)32-27-25-13-18-11-20-16-21(12-18)31(20,25)27/h6-7,10,15,18,20-21,25,27H,8-9,11-14,16H2,1-5H3,(H,32,33). The molecule has 6 saturated carbocycles. The molecule has 1 heterocycles. The highest BCUT2D eigenvalue weighted by Gasteiger charge is 2.81. The van der Waals surface area contributed by atoms with Crippen molar-refractivity contribution in [2.75, 3.05) is 0 Å². The minimum atomic E-state index is -0.00655. The second kappa shape index (κ2) is 6.59. The first kappa shape index (κ1) is 21.3. The van der Waals surface area contributed by atoms with Gasteiger partial charge < -0.3 is 9.73 Å². The van der Waals surface area contributed by atoms with Crippen molar-refractivity contribution in [2.45, 2.75) is 96.4 Å². The molecule has 2 aromatic rings. The molecule has 9 rings (SSSR count). The van der Waals surface area contributed by atoms with Gasteiger partial charge >= 0.3 is 0 Å². The van der Waals surface area contributed by atoms with Crippen molar-refractivity contribution < 1.29 is 9.21 Å². The summed E-state index contributed by atoms with van der Waals surface area (Å²) in [5.74, 6) is 4.80. The van der Waals surface area contributed by atoms with Crippen LogP contribution in [0.15, 0.2) is 28.7 Å². The molecule has 0 saturated heterocycles. The summed E-state index contributed by atoms with van der Waals surface area (Å²) >= 11 is 0. The predicted molar refractivity (Wildman–Crippen MR) is 134 cm³/mol. The van der Waals surface area contributed by atoms with Crippen molar-refractivity contribution in [3.05, 3.63) is 58.0 Å². The topological polar surface area (TPSA) is 42.2 Å². The molecule has 1 aromatic heterocycles. The summed E-state index contributed by atoms with van der Waals surface area (Å²) in [6, 6.07) is 9.12. The lowest BCUT2D eigenvalue weighted by molar-refractivity contribution is -0.0916. The fourth-order valence-electron chi connectivity index (χ4n) is 9.11. The summed E-state index contributed by atoms with van der Waals surface area (Å²) in [6.07, 6.45) is 8.77. The van der Waals surface area contributed by atoms with Crippen LogP contribution in [0.5, 0.6) is 0 Å². The molecule has 0 radical (unpaired) electrons. The molecule has 4 atom stereocenters. The Morgan fingerprint density at radius 2 is 1.65 bits per heavy atom. The summed E-state index contributed by atoms with van der Waals surface area (Å²) in [4.78, 5) is 13.1. The average Bonchev–Trinajstić information content (AvgIpc) is 3.22. The Bertz CT molecular complexity index is 1190. The van der Waals surface area contributed by atoms with Crippen LogP contribution in [0, 0.1) is 36.0 Å². The first-order chi connectivity index (χ1) is 16.1. The van der Waals surface area contributed by atoms with Gasteiger partial charge in [0.2, 0.25) is 0 Å². The highest BCUT2D eigenvalue weighted by atomic mass is 16.3. The lowest BCUT2D eigenvalue weighted by Gasteiger charge is -2.58. The lowest BCUT2D eigenvalue weighted by atomic mass is 9.47. The summed E-state index contributed by atoms with van der Waals surface area (Å²) < 4.78 is 6.13. The van der Waals surface area contributed by atoms with Crippen molar-refractivity contribution >= 4 is 5.91 Å². The van der Waals surface area contributed by atoms with Gasteiger partial charge in [0, 0.05) is 17.9 Å². The molecule has 1 aromatic carbocycles. The van der Waals surface area contributed by atoms with E-state index in [0.29, 0.717) is 17.2 Å². The van der Waals surface area contributed by atoms with E-state index in [1.807, 2.05) is 12.1 Å². The number of carbonyl (C=O) groups excluding carboxylic acids is 1. The normalized spacial score (nSPS) is 37.4. The van der Waals surface area contributed by atoms with Crippen LogP contribution in [0.4, 0.5) is 0 Å². The number of nitrogens with one attached hydrogen (secondary N) is 1. The summed E-state index contributed by atoms with van der Waals surface area (Å²) in [6.45, 7) is 11.7. The van der Waals surface area contributed by atoms with Crippen LogP contribution < -0.4 is 5.32 Å². The van der Waals surface area contributed by atoms with Gasteiger partial charge in [-0.1, -0.05) is 39.8 Å². The molecule has 1 spiro atoms. The molecule has 34 heavy (non-hydrogen) atoms. The zero-order chi connectivity index (χ0) is 23.6. The molecule has 1 N–H and O–H groups in total. The number of hydrogen-bond acceptors (Lipinski definition) is 2. The second-order valence-electron chi connectivity index (χ2n) is 13.8. The van der Waals surface area contributed by atoms with Gasteiger partial charge in [-0.2, -0.15) is 0 Å². The molecule has 6 fully saturated rings. The van der Waals surface area contributed by atoms with E-state index in [2.05, 4.69) is 52.1 Å². The van der Waals surface area contributed by atoms with Crippen molar-refractivity contribution in [3.63, 3.8) is 0 Å². The third-order valence-corrected chi connectivity index (χ3v) is 11.1. The highest BCUT2D eigenvalue weighted by Crippen LogP contribution is 2.82. The summed E-state index contributed by atoms with van der Waals surface area (Å²) in [5.41, 5.74) is 6.52. The summed E-state index contributed by atoms with van der Waals surface area (Å²) in [5, 5.41) is 3.41. The Labute approximate surface area is 204 Å². The van der Waals surface area contributed by atoms with Gasteiger partial charge in [0.05, 0.1) is 0 Å². The fraction of sp³-hybridized carbons (Fsp3) is 0.645. The van der Waals surface area contributed by atoms with E-state index < -0.39 is 0 Å². The van der Waals surface area contributed by atoms with Crippen molar-refractivity contribution in [2.24, 2.45) is 29.1 Å². The van der Waals surface area contributed by atoms with E-state index in [9.17, 15) is 4.79 Å². The molecule has 3 nitrogen and oxygen atoms in total. The molecule has 1 amide bonds. The monoisotopic (exact) mass is 457 g/mol. The Morgan fingerprint density at radius 1 is 0.971 bits per heavy atom. The highest BCUT2D eigenvalue weighted by molar-refractivity contribution is 5.92. The maximum atomic E-state index is 13.1. The number of fused-ring (bicyclic) bond motifs is 1. The SMILES string of the molecule is Cc1cc2c(cc1Cc1ccc(C(=O)NC3C4CC5CC6CC(C5)C643)o1)C(C)(C)CCC2(C)C. The van der Waals surface area contributed by atoms with Gasteiger partial charge in [-0.05, 0) is 114 Å². The van der Waals surface area contributed by atoms with E-state index in [0.717, 1.165) is 35.9 Å². The molecule has 4 unspecified atom stereocenters. The van der Waals surface area contributed by atoms with Crippen molar-refractivity contribution in [1.82, 2.24) is 5.32 Å². The smallest absolute Gasteiger partial charge is 0.287 e. The maximum absolute atomic E-state index is 13.1. The molecular weight excluding hydrogens is 418 g/mol. The molecule has 0 aliphatic heterocycles. The molecule has 4 bridgehead atoms. The van der Waals surface area contributed by atoms with Gasteiger partial charge in [-0.15, -0.1) is 0 Å². The minimum Gasteiger partial charge on any atom is -0.456 e. The number of carbonyl (C=O) groups is 1. The van der Waals surface area contributed by atoms with Crippen molar-refractivity contribution in [3.8, 4) is 0 Å². The van der Waals surface area contributed by atoms with Gasteiger partial charge in [-0.3, -0.25) is 4.79 Å². The number of aryl methyl sites for hydroxylation is 1. The average molecular weight is 458 g/mol. The van der Waals surface area contributed by atoms with Crippen LogP contribution in [0.3, 0.4) is 0 Å². The molecule has 7 aliphatic rings. The third-order valence-electron chi connectivity index (χ3n) is 11.1. The van der Waals surface area contributed by atoms with Gasteiger partial charge in [0.25, 0.3) is 5.91 Å². The third kappa shape index (κ3) is 2.73. The van der Waals surface area contributed by atoms with E-state index in [1.165, 1.54) is 60.8 Å². The van der Waals surface area contributed by atoms with Crippen LogP contribution in [0.25, 0.3) is 0 Å². The molecule has 7 aliphatic carbocycles. The van der Waals surface area contributed by atoms with E-state index in [1.54, 1.807) is 0 Å². The van der Waals surface area contributed by atoms with Crippen LogP contribution >= 0.6 is 0 Å². The Hall–Kier alpha value is -2.03. The quantitative estimate of drug-likeness (QED) is 0.555. The number of amides is 1.